The minimum absolute atomic E-state index is 0.559. The third-order valence-corrected chi connectivity index (χ3v) is 3.86. The molecule has 4 nitrogen and oxygen atoms in total. The van der Waals surface area contributed by atoms with Gasteiger partial charge in [0.2, 0.25) is 0 Å². The molecular formula is C12H19ClN2O2. The molecule has 5 heteroatoms. The van der Waals surface area contributed by atoms with E-state index in [2.05, 4.69) is 5.10 Å². The SMILES string of the molecule is CCn1nc(C)c(Cl)c1CC1(O)CCOCC1. The Morgan fingerprint density at radius 1 is 1.47 bits per heavy atom. The monoisotopic (exact) mass is 258 g/mol. The molecule has 2 rings (SSSR count). The largest absolute Gasteiger partial charge is 0.389 e. The lowest BCUT2D eigenvalue weighted by molar-refractivity contribution is -0.0635. The summed E-state index contributed by atoms with van der Waals surface area (Å²) in [5, 5.41) is 15.6. The fourth-order valence-electron chi connectivity index (χ4n) is 2.28. The molecular weight excluding hydrogens is 240 g/mol. The van der Waals surface area contributed by atoms with Crippen LogP contribution in [-0.4, -0.2) is 33.7 Å². The van der Waals surface area contributed by atoms with Gasteiger partial charge in [-0.1, -0.05) is 11.6 Å². The second-order valence-corrected chi connectivity index (χ2v) is 5.05. The quantitative estimate of drug-likeness (QED) is 0.902. The molecule has 1 aliphatic rings. The van der Waals surface area contributed by atoms with Crippen molar-refractivity contribution in [3.63, 3.8) is 0 Å². The van der Waals surface area contributed by atoms with Crippen LogP contribution in [0.25, 0.3) is 0 Å². The Kier molecular flexibility index (Phi) is 3.76. The third kappa shape index (κ3) is 2.64. The van der Waals surface area contributed by atoms with Crippen molar-refractivity contribution in [3.8, 4) is 0 Å². The van der Waals surface area contributed by atoms with Crippen LogP contribution in [0.5, 0.6) is 0 Å². The number of hydrogen-bond acceptors (Lipinski definition) is 3. The van der Waals surface area contributed by atoms with Crippen molar-refractivity contribution in [1.82, 2.24) is 9.78 Å². The van der Waals surface area contributed by atoms with Gasteiger partial charge in [0.1, 0.15) is 0 Å². The molecule has 2 heterocycles. The van der Waals surface area contributed by atoms with Crippen LogP contribution >= 0.6 is 11.6 Å². The topological polar surface area (TPSA) is 47.3 Å². The van der Waals surface area contributed by atoms with E-state index in [1.54, 1.807) is 0 Å². The van der Waals surface area contributed by atoms with Crippen molar-refractivity contribution in [1.29, 1.82) is 0 Å². The zero-order valence-electron chi connectivity index (χ0n) is 10.4. The molecule has 1 aliphatic heterocycles. The van der Waals surface area contributed by atoms with Crippen LogP contribution in [0.15, 0.2) is 0 Å². The van der Waals surface area contributed by atoms with Crippen molar-refractivity contribution in [2.24, 2.45) is 0 Å². The maximum absolute atomic E-state index is 10.5. The van der Waals surface area contributed by atoms with Crippen LogP contribution in [0.2, 0.25) is 5.02 Å². The zero-order valence-corrected chi connectivity index (χ0v) is 11.1. The molecule has 17 heavy (non-hydrogen) atoms. The van der Waals surface area contributed by atoms with Crippen molar-refractivity contribution in [2.75, 3.05) is 13.2 Å². The van der Waals surface area contributed by atoms with Gasteiger partial charge < -0.3 is 9.84 Å². The standard InChI is InChI=1S/C12H19ClN2O2/c1-3-15-10(11(13)9(2)14-15)8-12(16)4-6-17-7-5-12/h16H,3-8H2,1-2H3. The maximum atomic E-state index is 10.5. The number of aromatic nitrogens is 2. The molecule has 96 valence electrons. The third-order valence-electron chi connectivity index (χ3n) is 3.37. The number of halogens is 1. The van der Waals surface area contributed by atoms with Crippen molar-refractivity contribution in [3.05, 3.63) is 16.4 Å². The lowest BCUT2D eigenvalue weighted by Gasteiger charge is -2.32. The van der Waals surface area contributed by atoms with E-state index in [0.717, 1.165) is 17.9 Å². The van der Waals surface area contributed by atoms with Gasteiger partial charge in [0.15, 0.2) is 0 Å². The summed E-state index contributed by atoms with van der Waals surface area (Å²) in [5.74, 6) is 0. The first-order valence-electron chi connectivity index (χ1n) is 6.07. The first kappa shape index (κ1) is 12.9. The van der Waals surface area contributed by atoms with Gasteiger partial charge in [-0.2, -0.15) is 5.10 Å². The van der Waals surface area contributed by atoms with Crippen LogP contribution in [0, 0.1) is 6.92 Å². The molecule has 1 aromatic heterocycles. The van der Waals surface area contributed by atoms with Crippen molar-refractivity contribution in [2.45, 2.75) is 45.3 Å². The van der Waals surface area contributed by atoms with E-state index in [1.165, 1.54) is 0 Å². The molecule has 1 N–H and O–H groups in total. The number of rotatable bonds is 3. The lowest BCUT2D eigenvalue weighted by atomic mass is 9.89. The molecule has 1 saturated heterocycles. The van der Waals surface area contributed by atoms with Crippen LogP contribution < -0.4 is 0 Å². The Morgan fingerprint density at radius 3 is 2.71 bits per heavy atom. The summed E-state index contributed by atoms with van der Waals surface area (Å²) in [6.45, 7) is 5.93. The summed E-state index contributed by atoms with van der Waals surface area (Å²) in [5.41, 5.74) is 1.08. The maximum Gasteiger partial charge on any atom is 0.0848 e. The molecule has 1 aromatic rings. The van der Waals surface area contributed by atoms with Crippen molar-refractivity contribution < 1.29 is 9.84 Å². The summed E-state index contributed by atoms with van der Waals surface area (Å²) in [6.07, 6.45) is 1.89. The van der Waals surface area contributed by atoms with E-state index in [9.17, 15) is 5.11 Å². The summed E-state index contributed by atoms with van der Waals surface area (Å²) in [6, 6.07) is 0. The first-order chi connectivity index (χ1) is 8.06. The molecule has 0 bridgehead atoms. The normalized spacial score (nSPS) is 19.5. The fourth-order valence-corrected chi connectivity index (χ4v) is 2.48. The van der Waals surface area contributed by atoms with Gasteiger partial charge in [0.05, 0.1) is 22.0 Å². The number of nitrogens with zero attached hydrogens (tertiary/aromatic N) is 2. The molecule has 0 spiro atoms. The number of aliphatic hydroxyl groups is 1. The van der Waals surface area contributed by atoms with E-state index in [0.29, 0.717) is 37.5 Å². The Balaban J connectivity index is 2.22. The highest BCUT2D eigenvalue weighted by Crippen LogP contribution is 2.29. The molecule has 0 aliphatic carbocycles. The van der Waals surface area contributed by atoms with Crippen molar-refractivity contribution >= 4 is 11.6 Å². The predicted octanol–water partition coefficient (Wildman–Crippen LogP) is 1.95. The van der Waals surface area contributed by atoms with E-state index in [-0.39, 0.29) is 0 Å². The molecule has 0 aromatic carbocycles. The predicted molar refractivity (Wildman–Crippen MR) is 66.4 cm³/mol. The fraction of sp³-hybridized carbons (Fsp3) is 0.750. The number of ether oxygens (including phenoxy) is 1. The van der Waals surface area contributed by atoms with Gasteiger partial charge in [0.25, 0.3) is 0 Å². The van der Waals surface area contributed by atoms with Crippen LogP contribution in [-0.2, 0) is 17.7 Å². The Labute approximate surface area is 107 Å². The highest BCUT2D eigenvalue weighted by molar-refractivity contribution is 6.31. The average Bonchev–Trinajstić information content (AvgIpc) is 2.57. The first-order valence-corrected chi connectivity index (χ1v) is 6.45. The van der Waals surface area contributed by atoms with E-state index in [4.69, 9.17) is 16.3 Å². The van der Waals surface area contributed by atoms with Gasteiger partial charge in [-0.15, -0.1) is 0 Å². The van der Waals surface area contributed by atoms with Gasteiger partial charge in [-0.05, 0) is 26.7 Å². The molecule has 0 unspecified atom stereocenters. The van der Waals surface area contributed by atoms with E-state index < -0.39 is 5.60 Å². The van der Waals surface area contributed by atoms with Gasteiger partial charge >= 0.3 is 0 Å². The smallest absolute Gasteiger partial charge is 0.0848 e. The Morgan fingerprint density at radius 2 is 2.12 bits per heavy atom. The molecule has 0 radical (unpaired) electrons. The number of hydrogen-bond donors (Lipinski definition) is 1. The highest BCUT2D eigenvalue weighted by atomic mass is 35.5. The van der Waals surface area contributed by atoms with Crippen LogP contribution in [0.3, 0.4) is 0 Å². The summed E-state index contributed by atoms with van der Waals surface area (Å²) >= 11 is 6.25. The minimum atomic E-state index is -0.693. The van der Waals surface area contributed by atoms with Crippen LogP contribution in [0.4, 0.5) is 0 Å². The van der Waals surface area contributed by atoms with Gasteiger partial charge in [-0.25, -0.2) is 0 Å². The lowest BCUT2D eigenvalue weighted by Crippen LogP contribution is -2.38. The zero-order chi connectivity index (χ0) is 12.5. The molecule has 1 fully saturated rings. The summed E-state index contributed by atoms with van der Waals surface area (Å²) in [7, 11) is 0. The number of aryl methyl sites for hydroxylation is 2. The highest BCUT2D eigenvalue weighted by Gasteiger charge is 2.32. The van der Waals surface area contributed by atoms with E-state index >= 15 is 0 Å². The summed E-state index contributed by atoms with van der Waals surface area (Å²) in [4.78, 5) is 0. The second kappa shape index (κ2) is 4.96. The Bertz CT molecular complexity index is 397. The van der Waals surface area contributed by atoms with Gasteiger partial charge in [-0.3, -0.25) is 4.68 Å². The molecule has 0 atom stereocenters. The van der Waals surface area contributed by atoms with Gasteiger partial charge in [0, 0.05) is 26.2 Å². The van der Waals surface area contributed by atoms with E-state index in [1.807, 2.05) is 18.5 Å². The Hall–Kier alpha value is -0.580. The molecule has 0 saturated carbocycles. The van der Waals surface area contributed by atoms with Crippen LogP contribution in [0.1, 0.15) is 31.2 Å². The second-order valence-electron chi connectivity index (χ2n) is 4.68. The average molecular weight is 259 g/mol. The summed E-state index contributed by atoms with van der Waals surface area (Å²) < 4.78 is 7.16. The minimum Gasteiger partial charge on any atom is -0.389 e. The molecule has 0 amide bonds.